The summed E-state index contributed by atoms with van der Waals surface area (Å²) < 4.78 is 0. The van der Waals surface area contributed by atoms with Crippen LogP contribution in [0.1, 0.15) is 4.88 Å². The predicted molar refractivity (Wildman–Crippen MR) is 77.7 cm³/mol. The molecule has 2 N–H and O–H groups in total. The number of aromatic nitrogens is 1. The molecule has 0 fully saturated rings. The number of pyridine rings is 1. The van der Waals surface area contributed by atoms with E-state index in [1.54, 1.807) is 29.7 Å². The smallest absolute Gasteiger partial charge is 0.279 e. The number of hydrogen-bond acceptors (Lipinski definition) is 3. The fourth-order valence-electron chi connectivity index (χ4n) is 1.72. The minimum absolute atomic E-state index is 0.0658. The van der Waals surface area contributed by atoms with Gasteiger partial charge >= 0.3 is 0 Å². The van der Waals surface area contributed by atoms with Gasteiger partial charge in [0.1, 0.15) is 6.54 Å². The number of halogens is 1. The van der Waals surface area contributed by atoms with Gasteiger partial charge in [-0.25, -0.2) is 4.98 Å². The number of quaternary nitrogens is 1. The quantitative estimate of drug-likeness (QED) is 0.821. The molecule has 0 radical (unpaired) electrons. The summed E-state index contributed by atoms with van der Waals surface area (Å²) in [6, 6.07) is 7.57. The van der Waals surface area contributed by atoms with Crippen molar-refractivity contribution in [3.8, 4) is 0 Å². The highest BCUT2D eigenvalue weighted by Gasteiger charge is 2.12. The van der Waals surface area contributed by atoms with Crippen LogP contribution >= 0.6 is 22.9 Å². The zero-order chi connectivity index (χ0) is 13.7. The summed E-state index contributed by atoms with van der Waals surface area (Å²) in [5, 5.41) is 5.12. The molecule has 19 heavy (non-hydrogen) atoms. The fourth-order valence-corrected chi connectivity index (χ4v) is 2.71. The number of nitrogens with one attached hydrogen (secondary N) is 2. The molecule has 0 aliphatic heterocycles. The molecule has 100 valence electrons. The van der Waals surface area contributed by atoms with E-state index in [9.17, 15) is 4.79 Å². The summed E-state index contributed by atoms with van der Waals surface area (Å²) in [5.41, 5.74) is 0.554. The first-order valence-corrected chi connectivity index (χ1v) is 7.15. The summed E-state index contributed by atoms with van der Waals surface area (Å²) in [6.45, 7) is 1.23. The molecule has 2 aromatic rings. The Bertz CT molecular complexity index is 545. The van der Waals surface area contributed by atoms with Crippen LogP contribution in [0.25, 0.3) is 0 Å². The van der Waals surface area contributed by atoms with Crippen molar-refractivity contribution < 1.29 is 9.69 Å². The normalized spacial score (nSPS) is 12.1. The predicted octanol–water partition coefficient (Wildman–Crippen LogP) is 1.45. The maximum atomic E-state index is 11.9. The molecule has 1 unspecified atom stereocenters. The number of rotatable bonds is 5. The lowest BCUT2D eigenvalue weighted by Gasteiger charge is -2.13. The molecule has 0 aliphatic rings. The van der Waals surface area contributed by atoms with Crippen molar-refractivity contribution in [2.75, 3.05) is 18.9 Å². The number of likely N-dealkylation sites (N-methyl/N-ethyl adjacent to an activating group) is 1. The Labute approximate surface area is 121 Å². The Morgan fingerprint density at radius 3 is 3.00 bits per heavy atom. The van der Waals surface area contributed by atoms with Crippen molar-refractivity contribution in [3.63, 3.8) is 0 Å². The first-order chi connectivity index (χ1) is 9.15. The van der Waals surface area contributed by atoms with Gasteiger partial charge in [-0.2, -0.15) is 0 Å². The summed E-state index contributed by atoms with van der Waals surface area (Å²) >= 11 is 7.59. The van der Waals surface area contributed by atoms with Crippen molar-refractivity contribution in [2.24, 2.45) is 0 Å². The third-order valence-electron chi connectivity index (χ3n) is 2.55. The van der Waals surface area contributed by atoms with E-state index in [0.717, 1.165) is 11.4 Å². The number of hydrogen-bond donors (Lipinski definition) is 2. The highest BCUT2D eigenvalue weighted by molar-refractivity contribution is 7.09. The lowest BCUT2D eigenvalue weighted by atomic mass is 10.4. The van der Waals surface area contributed by atoms with Crippen LogP contribution in [-0.2, 0) is 11.3 Å². The van der Waals surface area contributed by atoms with Crippen LogP contribution in [-0.4, -0.2) is 24.5 Å². The average molecular weight is 297 g/mol. The van der Waals surface area contributed by atoms with Gasteiger partial charge in [-0.3, -0.25) is 4.79 Å². The van der Waals surface area contributed by atoms with Crippen molar-refractivity contribution in [1.82, 2.24) is 4.98 Å². The highest BCUT2D eigenvalue weighted by atomic mass is 35.5. The minimum Gasteiger partial charge on any atom is -0.325 e. The maximum absolute atomic E-state index is 11.9. The molecule has 1 amide bonds. The molecule has 2 heterocycles. The van der Waals surface area contributed by atoms with Crippen LogP contribution in [0, 0.1) is 0 Å². The van der Waals surface area contributed by atoms with Crippen LogP contribution in [0.4, 0.5) is 5.69 Å². The first kappa shape index (κ1) is 14.0. The van der Waals surface area contributed by atoms with Crippen LogP contribution in [0.3, 0.4) is 0 Å². The molecule has 0 aromatic carbocycles. The van der Waals surface area contributed by atoms with E-state index in [-0.39, 0.29) is 5.91 Å². The lowest BCUT2D eigenvalue weighted by molar-refractivity contribution is -0.884. The zero-order valence-electron chi connectivity index (χ0n) is 10.5. The Kier molecular flexibility index (Phi) is 4.90. The van der Waals surface area contributed by atoms with Gasteiger partial charge in [-0.1, -0.05) is 17.7 Å². The lowest BCUT2D eigenvalue weighted by Crippen LogP contribution is -3.08. The third kappa shape index (κ3) is 4.31. The average Bonchev–Trinajstić information content (AvgIpc) is 2.84. The summed E-state index contributed by atoms with van der Waals surface area (Å²) in [6.07, 6.45) is 1.59. The molecule has 1 atom stereocenters. The van der Waals surface area contributed by atoms with Crippen LogP contribution < -0.4 is 10.2 Å². The monoisotopic (exact) mass is 296 g/mol. The van der Waals surface area contributed by atoms with E-state index in [1.807, 2.05) is 18.5 Å². The number of nitrogens with zero attached hydrogens (tertiary/aromatic N) is 1. The van der Waals surface area contributed by atoms with Crippen molar-refractivity contribution in [2.45, 2.75) is 6.54 Å². The Morgan fingerprint density at radius 2 is 2.32 bits per heavy atom. The number of anilines is 1. The van der Waals surface area contributed by atoms with Crippen molar-refractivity contribution in [1.29, 1.82) is 0 Å². The minimum atomic E-state index is -0.0658. The standard InChI is InChI=1S/C13H14ClN3OS/c1-17(8-10-4-3-7-19-10)9-12(18)16-11-5-2-6-15-13(11)14/h2-7H,8-9H2,1H3,(H,16,18)/p+1. The van der Waals surface area contributed by atoms with Gasteiger partial charge in [0, 0.05) is 6.20 Å². The highest BCUT2D eigenvalue weighted by Crippen LogP contribution is 2.16. The van der Waals surface area contributed by atoms with E-state index in [0.29, 0.717) is 17.4 Å². The molecular weight excluding hydrogens is 282 g/mol. The second kappa shape index (κ2) is 6.65. The molecular formula is C13H15ClN3OS+. The van der Waals surface area contributed by atoms with Crippen LogP contribution in [0.15, 0.2) is 35.8 Å². The van der Waals surface area contributed by atoms with Gasteiger partial charge < -0.3 is 10.2 Å². The Balaban J connectivity index is 1.86. The number of amides is 1. The fraction of sp³-hybridized carbons (Fsp3) is 0.231. The Hall–Kier alpha value is -1.43. The molecule has 0 spiro atoms. The number of thiophene rings is 1. The molecule has 0 saturated carbocycles. The second-order valence-corrected chi connectivity index (χ2v) is 5.67. The molecule has 4 nitrogen and oxygen atoms in total. The number of carbonyl (C=O) groups is 1. The second-order valence-electron chi connectivity index (χ2n) is 4.28. The van der Waals surface area contributed by atoms with Crippen LogP contribution in [0.2, 0.25) is 5.15 Å². The maximum Gasteiger partial charge on any atom is 0.279 e. The molecule has 6 heteroatoms. The summed E-state index contributed by atoms with van der Waals surface area (Å²) in [4.78, 5) is 18.2. The summed E-state index contributed by atoms with van der Waals surface area (Å²) in [7, 11) is 1.99. The third-order valence-corrected chi connectivity index (χ3v) is 3.73. The van der Waals surface area contributed by atoms with Gasteiger partial charge in [-0.15, -0.1) is 11.3 Å². The van der Waals surface area contributed by atoms with E-state index in [2.05, 4.69) is 16.4 Å². The van der Waals surface area contributed by atoms with Gasteiger partial charge in [0.2, 0.25) is 0 Å². The van der Waals surface area contributed by atoms with Gasteiger partial charge in [-0.05, 0) is 23.6 Å². The van der Waals surface area contributed by atoms with Crippen molar-refractivity contribution in [3.05, 3.63) is 45.9 Å². The zero-order valence-corrected chi connectivity index (χ0v) is 12.1. The van der Waals surface area contributed by atoms with E-state index in [1.165, 1.54) is 4.88 Å². The first-order valence-electron chi connectivity index (χ1n) is 5.89. The van der Waals surface area contributed by atoms with E-state index < -0.39 is 0 Å². The van der Waals surface area contributed by atoms with E-state index >= 15 is 0 Å². The van der Waals surface area contributed by atoms with Gasteiger partial charge in [0.05, 0.1) is 17.6 Å². The molecule has 0 bridgehead atoms. The van der Waals surface area contributed by atoms with Gasteiger partial charge in [0.25, 0.3) is 5.91 Å². The number of carbonyl (C=O) groups excluding carboxylic acids is 1. The Morgan fingerprint density at radius 1 is 1.47 bits per heavy atom. The molecule has 2 rings (SSSR count). The van der Waals surface area contributed by atoms with Crippen molar-refractivity contribution >= 4 is 34.5 Å². The van der Waals surface area contributed by atoms with Gasteiger partial charge in [0.15, 0.2) is 11.7 Å². The SMILES string of the molecule is C[NH+](CC(=O)Nc1cccnc1Cl)Cc1cccs1. The van der Waals surface area contributed by atoms with E-state index in [4.69, 9.17) is 11.6 Å². The topological polar surface area (TPSA) is 46.4 Å². The molecule has 2 aromatic heterocycles. The largest absolute Gasteiger partial charge is 0.325 e. The van der Waals surface area contributed by atoms with Crippen LogP contribution in [0.5, 0.6) is 0 Å². The molecule has 0 aliphatic carbocycles. The summed E-state index contributed by atoms with van der Waals surface area (Å²) in [5.74, 6) is -0.0658. The molecule has 0 saturated heterocycles.